The summed E-state index contributed by atoms with van der Waals surface area (Å²) < 4.78 is 4.95. The van der Waals surface area contributed by atoms with Gasteiger partial charge in [0, 0.05) is 0 Å². The molecule has 0 atom stereocenters. The Morgan fingerprint density at radius 2 is 2.29 bits per heavy atom. The van der Waals surface area contributed by atoms with Gasteiger partial charge in [0.25, 0.3) is 0 Å². The Labute approximate surface area is 87.9 Å². The number of nitrogens with two attached hydrogens (primary N) is 1. The molecule has 0 aromatic carbocycles. The van der Waals surface area contributed by atoms with Gasteiger partial charge in [-0.1, -0.05) is 13.8 Å². The zero-order valence-corrected chi connectivity index (χ0v) is 9.48. The maximum absolute atomic E-state index is 11.5. The van der Waals surface area contributed by atoms with Crippen LogP contribution in [0.25, 0.3) is 0 Å². The van der Waals surface area contributed by atoms with E-state index in [0.29, 0.717) is 22.4 Å². The van der Waals surface area contributed by atoms with Crippen molar-refractivity contribution >= 4 is 22.3 Å². The van der Waals surface area contributed by atoms with Gasteiger partial charge in [-0.2, -0.15) is 0 Å². The summed E-state index contributed by atoms with van der Waals surface area (Å²) >= 11 is 1.29. The predicted octanol–water partition coefficient (Wildman–Crippen LogP) is 2.63. The number of esters is 1. The van der Waals surface area contributed by atoms with Crippen molar-refractivity contribution in [3.63, 3.8) is 0 Å². The summed E-state index contributed by atoms with van der Waals surface area (Å²) in [6.07, 6.45) is 0. The molecule has 4 heteroatoms. The van der Waals surface area contributed by atoms with Gasteiger partial charge < -0.3 is 10.5 Å². The van der Waals surface area contributed by atoms with Crippen LogP contribution in [0.4, 0.5) is 5.00 Å². The normalized spacial score (nSPS) is 10.6. The second-order valence-corrected chi connectivity index (χ2v) is 4.39. The molecule has 0 radical (unpaired) electrons. The molecule has 0 bridgehead atoms. The maximum Gasteiger partial charge on any atom is 0.348 e. The Morgan fingerprint density at radius 3 is 2.79 bits per heavy atom. The molecule has 0 fully saturated rings. The molecular formula is C10H15NO2S. The maximum atomic E-state index is 11.5. The van der Waals surface area contributed by atoms with Crippen LogP contribution in [0.3, 0.4) is 0 Å². The van der Waals surface area contributed by atoms with E-state index < -0.39 is 0 Å². The minimum Gasteiger partial charge on any atom is -0.462 e. The topological polar surface area (TPSA) is 52.3 Å². The lowest BCUT2D eigenvalue weighted by molar-refractivity contribution is 0.0530. The molecule has 1 aromatic rings. The summed E-state index contributed by atoms with van der Waals surface area (Å²) in [5.74, 6) is 0.0286. The van der Waals surface area contributed by atoms with Gasteiger partial charge in [-0.25, -0.2) is 4.79 Å². The van der Waals surface area contributed by atoms with Gasteiger partial charge in [0.1, 0.15) is 4.88 Å². The highest BCUT2D eigenvalue weighted by atomic mass is 32.1. The third-order valence-electron chi connectivity index (χ3n) is 1.86. The molecule has 78 valence electrons. The molecule has 0 aliphatic carbocycles. The van der Waals surface area contributed by atoms with E-state index in [1.54, 1.807) is 6.92 Å². The van der Waals surface area contributed by atoms with Gasteiger partial charge in [-0.15, -0.1) is 11.3 Å². The lowest BCUT2D eigenvalue weighted by Crippen LogP contribution is -2.05. The van der Waals surface area contributed by atoms with Crippen molar-refractivity contribution < 1.29 is 9.53 Å². The number of ether oxygens (including phenoxy) is 1. The summed E-state index contributed by atoms with van der Waals surface area (Å²) in [6.45, 7) is 6.26. The van der Waals surface area contributed by atoms with Crippen molar-refractivity contribution in [2.45, 2.75) is 26.7 Å². The fourth-order valence-corrected chi connectivity index (χ4v) is 2.19. The minimum absolute atomic E-state index is 0.266. The van der Waals surface area contributed by atoms with Crippen LogP contribution in [0.15, 0.2) is 6.07 Å². The van der Waals surface area contributed by atoms with E-state index in [9.17, 15) is 4.79 Å². The summed E-state index contributed by atoms with van der Waals surface area (Å²) in [4.78, 5) is 12.2. The molecule has 0 aliphatic heterocycles. The van der Waals surface area contributed by atoms with Gasteiger partial charge >= 0.3 is 5.97 Å². The molecular weight excluding hydrogens is 198 g/mol. The van der Waals surface area contributed by atoms with Gasteiger partial charge in [-0.3, -0.25) is 0 Å². The monoisotopic (exact) mass is 213 g/mol. The summed E-state index contributed by atoms with van der Waals surface area (Å²) in [7, 11) is 0. The first-order valence-electron chi connectivity index (χ1n) is 4.62. The largest absolute Gasteiger partial charge is 0.462 e. The number of carbonyl (C=O) groups excluding carboxylic acids is 1. The van der Waals surface area contributed by atoms with Crippen LogP contribution in [-0.2, 0) is 4.74 Å². The molecule has 0 spiro atoms. The van der Waals surface area contributed by atoms with E-state index in [4.69, 9.17) is 10.5 Å². The Kier molecular flexibility index (Phi) is 3.52. The second kappa shape index (κ2) is 4.46. The Bertz CT molecular complexity index is 331. The van der Waals surface area contributed by atoms with Crippen molar-refractivity contribution in [2.75, 3.05) is 12.3 Å². The molecule has 0 unspecified atom stereocenters. The molecule has 0 saturated carbocycles. The van der Waals surface area contributed by atoms with Crippen LogP contribution in [0, 0.1) is 0 Å². The van der Waals surface area contributed by atoms with Gasteiger partial charge in [0.2, 0.25) is 0 Å². The van der Waals surface area contributed by atoms with Crippen LogP contribution < -0.4 is 5.73 Å². The Balaban J connectivity index is 3.00. The standard InChI is InChI=1S/C10H15NO2S/c1-4-13-10(12)9-7(6(2)3)5-8(11)14-9/h5-6H,4,11H2,1-3H3. The number of hydrogen-bond donors (Lipinski definition) is 1. The molecule has 0 aliphatic rings. The Hall–Kier alpha value is -1.03. The van der Waals surface area contributed by atoms with Crippen molar-refractivity contribution in [1.29, 1.82) is 0 Å². The van der Waals surface area contributed by atoms with E-state index in [-0.39, 0.29) is 5.97 Å². The zero-order chi connectivity index (χ0) is 10.7. The quantitative estimate of drug-likeness (QED) is 0.785. The summed E-state index contributed by atoms with van der Waals surface area (Å²) in [5, 5.41) is 0.664. The molecule has 0 saturated heterocycles. The number of carbonyl (C=O) groups is 1. The molecule has 1 rings (SSSR count). The fraction of sp³-hybridized carbons (Fsp3) is 0.500. The fourth-order valence-electron chi connectivity index (χ4n) is 1.21. The third-order valence-corrected chi connectivity index (χ3v) is 2.82. The lowest BCUT2D eigenvalue weighted by Gasteiger charge is -2.05. The van der Waals surface area contributed by atoms with Gasteiger partial charge in [-0.05, 0) is 24.5 Å². The van der Waals surface area contributed by atoms with Gasteiger partial charge in [0.05, 0.1) is 11.6 Å². The highest BCUT2D eigenvalue weighted by molar-refractivity contribution is 7.17. The highest BCUT2D eigenvalue weighted by Gasteiger charge is 2.18. The van der Waals surface area contributed by atoms with Crippen LogP contribution in [0.5, 0.6) is 0 Å². The average molecular weight is 213 g/mol. The molecule has 14 heavy (non-hydrogen) atoms. The molecule has 1 aromatic heterocycles. The average Bonchev–Trinajstić information content (AvgIpc) is 2.48. The van der Waals surface area contributed by atoms with Crippen LogP contribution in [-0.4, -0.2) is 12.6 Å². The van der Waals surface area contributed by atoms with Gasteiger partial charge in [0.15, 0.2) is 0 Å². The van der Waals surface area contributed by atoms with Crippen LogP contribution in [0.1, 0.15) is 41.9 Å². The smallest absolute Gasteiger partial charge is 0.348 e. The van der Waals surface area contributed by atoms with E-state index in [2.05, 4.69) is 0 Å². The van der Waals surface area contributed by atoms with E-state index in [1.807, 2.05) is 19.9 Å². The minimum atomic E-state index is -0.266. The van der Waals surface area contributed by atoms with Crippen molar-refractivity contribution in [3.8, 4) is 0 Å². The van der Waals surface area contributed by atoms with Crippen molar-refractivity contribution in [3.05, 3.63) is 16.5 Å². The van der Waals surface area contributed by atoms with E-state index in [1.165, 1.54) is 11.3 Å². The van der Waals surface area contributed by atoms with Crippen molar-refractivity contribution in [1.82, 2.24) is 0 Å². The second-order valence-electron chi connectivity index (χ2n) is 3.31. The zero-order valence-electron chi connectivity index (χ0n) is 8.66. The number of anilines is 1. The molecule has 1 heterocycles. The van der Waals surface area contributed by atoms with Crippen LogP contribution in [0.2, 0.25) is 0 Å². The molecule has 3 nitrogen and oxygen atoms in total. The SMILES string of the molecule is CCOC(=O)c1sc(N)cc1C(C)C. The first-order chi connectivity index (χ1) is 6.56. The Morgan fingerprint density at radius 1 is 1.64 bits per heavy atom. The summed E-state index contributed by atoms with van der Waals surface area (Å²) in [6, 6.07) is 1.85. The number of rotatable bonds is 3. The number of thiophene rings is 1. The third kappa shape index (κ3) is 2.26. The van der Waals surface area contributed by atoms with E-state index >= 15 is 0 Å². The number of hydrogen-bond acceptors (Lipinski definition) is 4. The first kappa shape index (κ1) is 11.0. The van der Waals surface area contributed by atoms with E-state index in [0.717, 1.165) is 5.56 Å². The first-order valence-corrected chi connectivity index (χ1v) is 5.44. The summed E-state index contributed by atoms with van der Waals surface area (Å²) in [5.41, 5.74) is 6.64. The van der Waals surface area contributed by atoms with Crippen molar-refractivity contribution in [2.24, 2.45) is 0 Å². The lowest BCUT2D eigenvalue weighted by atomic mass is 10.0. The molecule has 0 amide bonds. The number of nitrogen functional groups attached to an aromatic ring is 1. The molecule has 2 N–H and O–H groups in total. The van der Waals surface area contributed by atoms with Crippen LogP contribution >= 0.6 is 11.3 Å². The highest BCUT2D eigenvalue weighted by Crippen LogP contribution is 2.30. The predicted molar refractivity (Wildman–Crippen MR) is 58.8 cm³/mol.